The van der Waals surface area contributed by atoms with Crippen molar-refractivity contribution < 1.29 is 13.2 Å². The Morgan fingerprint density at radius 3 is 2.58 bits per heavy atom. The van der Waals surface area contributed by atoms with Crippen LogP contribution in [0.5, 0.6) is 0 Å². The summed E-state index contributed by atoms with van der Waals surface area (Å²) in [5, 5.41) is 3.95. The third kappa shape index (κ3) is 3.68. The standard InChI is InChI=1S/C11H11F3N4.ClH/c12-11(13,14)10-1-2-16-5-9(10)7-18-6-8(3-15)4-17-18;/h1-2,4-6H,3,7,15H2;1H. The zero-order valence-corrected chi connectivity index (χ0v) is 10.6. The normalized spacial score (nSPS) is 11.2. The average molecular weight is 293 g/mol. The van der Waals surface area contributed by atoms with Gasteiger partial charge in [0.25, 0.3) is 0 Å². The second kappa shape index (κ2) is 6.03. The number of pyridine rings is 1. The molecule has 104 valence electrons. The molecule has 0 spiro atoms. The molecule has 0 radical (unpaired) electrons. The Bertz CT molecular complexity index is 539. The molecule has 0 atom stereocenters. The third-order valence-corrected chi connectivity index (χ3v) is 2.46. The molecule has 0 aliphatic rings. The predicted molar refractivity (Wildman–Crippen MR) is 65.7 cm³/mol. The summed E-state index contributed by atoms with van der Waals surface area (Å²) < 4.78 is 39.6. The van der Waals surface area contributed by atoms with Crippen LogP contribution in [-0.4, -0.2) is 14.8 Å². The first-order valence-corrected chi connectivity index (χ1v) is 5.22. The fourth-order valence-electron chi connectivity index (χ4n) is 1.60. The Labute approximate surface area is 113 Å². The molecule has 0 unspecified atom stereocenters. The number of nitrogens with two attached hydrogens (primary N) is 1. The molecule has 0 aromatic carbocycles. The smallest absolute Gasteiger partial charge is 0.326 e. The number of rotatable bonds is 3. The first-order valence-electron chi connectivity index (χ1n) is 5.22. The molecule has 8 heteroatoms. The largest absolute Gasteiger partial charge is 0.416 e. The average Bonchev–Trinajstić information content (AvgIpc) is 2.76. The van der Waals surface area contributed by atoms with Crippen molar-refractivity contribution in [3.63, 3.8) is 0 Å². The van der Waals surface area contributed by atoms with Gasteiger partial charge in [-0.15, -0.1) is 12.4 Å². The van der Waals surface area contributed by atoms with Gasteiger partial charge >= 0.3 is 6.18 Å². The predicted octanol–water partition coefficient (Wildman–Crippen LogP) is 2.23. The van der Waals surface area contributed by atoms with Crippen molar-refractivity contribution >= 4 is 12.4 Å². The lowest BCUT2D eigenvalue weighted by atomic mass is 10.1. The zero-order chi connectivity index (χ0) is 13.2. The summed E-state index contributed by atoms with van der Waals surface area (Å²) in [5.41, 5.74) is 5.57. The summed E-state index contributed by atoms with van der Waals surface area (Å²) >= 11 is 0. The third-order valence-electron chi connectivity index (χ3n) is 2.46. The van der Waals surface area contributed by atoms with E-state index in [4.69, 9.17) is 5.73 Å². The van der Waals surface area contributed by atoms with Gasteiger partial charge in [-0.2, -0.15) is 18.3 Å². The topological polar surface area (TPSA) is 56.7 Å². The number of hydrogen-bond donors (Lipinski definition) is 1. The molecular formula is C11H12ClF3N4. The minimum atomic E-state index is -4.39. The number of alkyl halides is 3. The highest BCUT2D eigenvalue weighted by molar-refractivity contribution is 5.85. The van der Waals surface area contributed by atoms with Crippen molar-refractivity contribution in [2.45, 2.75) is 19.3 Å². The van der Waals surface area contributed by atoms with Gasteiger partial charge in [-0.25, -0.2) is 0 Å². The van der Waals surface area contributed by atoms with Crippen LogP contribution in [0.2, 0.25) is 0 Å². The fraction of sp³-hybridized carbons (Fsp3) is 0.273. The fourth-order valence-corrected chi connectivity index (χ4v) is 1.60. The van der Waals surface area contributed by atoms with Crippen molar-refractivity contribution in [1.82, 2.24) is 14.8 Å². The van der Waals surface area contributed by atoms with Gasteiger partial charge in [0.1, 0.15) is 0 Å². The first-order chi connectivity index (χ1) is 8.50. The van der Waals surface area contributed by atoms with Crippen LogP contribution in [0.4, 0.5) is 13.2 Å². The van der Waals surface area contributed by atoms with E-state index in [2.05, 4.69) is 10.1 Å². The molecule has 0 saturated carbocycles. The van der Waals surface area contributed by atoms with E-state index in [1.54, 1.807) is 6.20 Å². The minimum absolute atomic E-state index is 0. The Hall–Kier alpha value is -1.60. The van der Waals surface area contributed by atoms with Gasteiger partial charge in [-0.1, -0.05) is 0 Å². The van der Waals surface area contributed by atoms with Crippen LogP contribution in [0.3, 0.4) is 0 Å². The molecule has 0 bridgehead atoms. The van der Waals surface area contributed by atoms with Crippen LogP contribution in [0, 0.1) is 0 Å². The van der Waals surface area contributed by atoms with Gasteiger partial charge in [0, 0.05) is 36.3 Å². The molecule has 0 aliphatic heterocycles. The molecule has 2 rings (SSSR count). The SMILES string of the molecule is Cl.NCc1cnn(Cc2cnccc2C(F)(F)F)c1. The quantitative estimate of drug-likeness (QED) is 0.944. The lowest BCUT2D eigenvalue weighted by Crippen LogP contribution is -2.12. The van der Waals surface area contributed by atoms with Gasteiger partial charge in [0.15, 0.2) is 0 Å². The summed E-state index contributed by atoms with van der Waals surface area (Å²) in [6.07, 6.45) is 1.09. The summed E-state index contributed by atoms with van der Waals surface area (Å²) in [7, 11) is 0. The molecule has 2 aromatic rings. The lowest BCUT2D eigenvalue weighted by molar-refractivity contribution is -0.138. The van der Waals surface area contributed by atoms with E-state index in [0.717, 1.165) is 17.8 Å². The first kappa shape index (κ1) is 15.5. The van der Waals surface area contributed by atoms with Gasteiger partial charge in [0.2, 0.25) is 0 Å². The van der Waals surface area contributed by atoms with Crippen LogP contribution in [0.1, 0.15) is 16.7 Å². The van der Waals surface area contributed by atoms with E-state index in [-0.39, 0.29) is 24.5 Å². The second-order valence-electron chi connectivity index (χ2n) is 3.78. The molecule has 0 aliphatic carbocycles. The Morgan fingerprint density at radius 2 is 2.00 bits per heavy atom. The van der Waals surface area contributed by atoms with E-state index in [0.29, 0.717) is 6.54 Å². The number of aromatic nitrogens is 3. The van der Waals surface area contributed by atoms with Gasteiger partial charge in [-0.3, -0.25) is 9.67 Å². The van der Waals surface area contributed by atoms with Crippen molar-refractivity contribution in [3.8, 4) is 0 Å². The highest BCUT2D eigenvalue weighted by atomic mass is 35.5. The van der Waals surface area contributed by atoms with Crippen LogP contribution in [-0.2, 0) is 19.3 Å². The Kier molecular flexibility index (Phi) is 4.90. The van der Waals surface area contributed by atoms with Crippen molar-refractivity contribution in [3.05, 3.63) is 47.5 Å². The summed E-state index contributed by atoms with van der Waals surface area (Å²) in [5.74, 6) is 0. The summed E-state index contributed by atoms with van der Waals surface area (Å²) in [6, 6.07) is 0.961. The molecule has 2 heterocycles. The van der Waals surface area contributed by atoms with Crippen LogP contribution in [0.15, 0.2) is 30.9 Å². The van der Waals surface area contributed by atoms with Crippen molar-refractivity contribution in [2.24, 2.45) is 5.73 Å². The molecule has 2 aromatic heterocycles. The second-order valence-corrected chi connectivity index (χ2v) is 3.78. The number of halogens is 4. The lowest BCUT2D eigenvalue weighted by Gasteiger charge is -2.11. The maximum atomic E-state index is 12.7. The van der Waals surface area contributed by atoms with E-state index in [9.17, 15) is 13.2 Å². The van der Waals surface area contributed by atoms with E-state index in [1.165, 1.54) is 17.1 Å². The molecule has 0 fully saturated rings. The zero-order valence-electron chi connectivity index (χ0n) is 9.76. The highest BCUT2D eigenvalue weighted by Crippen LogP contribution is 2.31. The number of nitrogens with zero attached hydrogens (tertiary/aromatic N) is 3. The molecular weight excluding hydrogens is 281 g/mol. The van der Waals surface area contributed by atoms with Gasteiger partial charge in [-0.05, 0) is 6.07 Å². The molecule has 2 N–H and O–H groups in total. The Balaban J connectivity index is 0.00000180. The minimum Gasteiger partial charge on any atom is -0.326 e. The van der Waals surface area contributed by atoms with Crippen molar-refractivity contribution in [2.75, 3.05) is 0 Å². The summed E-state index contributed by atoms with van der Waals surface area (Å²) in [6.45, 7) is 0.321. The highest BCUT2D eigenvalue weighted by Gasteiger charge is 2.33. The van der Waals surface area contributed by atoms with Crippen LogP contribution in [0.25, 0.3) is 0 Å². The van der Waals surface area contributed by atoms with Gasteiger partial charge in [0.05, 0.1) is 18.3 Å². The van der Waals surface area contributed by atoms with E-state index in [1.807, 2.05) is 0 Å². The van der Waals surface area contributed by atoms with Crippen molar-refractivity contribution in [1.29, 1.82) is 0 Å². The van der Waals surface area contributed by atoms with Gasteiger partial charge < -0.3 is 5.73 Å². The van der Waals surface area contributed by atoms with E-state index < -0.39 is 11.7 Å². The maximum absolute atomic E-state index is 12.7. The number of hydrogen-bond acceptors (Lipinski definition) is 3. The monoisotopic (exact) mass is 292 g/mol. The van der Waals surface area contributed by atoms with Crippen LogP contribution < -0.4 is 5.73 Å². The maximum Gasteiger partial charge on any atom is 0.416 e. The molecule has 4 nitrogen and oxygen atoms in total. The van der Waals surface area contributed by atoms with Crippen LogP contribution >= 0.6 is 12.4 Å². The Morgan fingerprint density at radius 1 is 1.26 bits per heavy atom. The molecule has 0 amide bonds. The van der Waals surface area contributed by atoms with E-state index >= 15 is 0 Å². The summed E-state index contributed by atoms with van der Waals surface area (Å²) in [4.78, 5) is 3.72. The molecule has 0 saturated heterocycles. The molecule has 19 heavy (non-hydrogen) atoms.